The number of nitrogens with zero attached hydrogens (tertiary/aromatic N) is 3. The van der Waals surface area contributed by atoms with Gasteiger partial charge in [0, 0.05) is 26.2 Å². The van der Waals surface area contributed by atoms with E-state index in [1.54, 1.807) is 13.4 Å². The van der Waals surface area contributed by atoms with Gasteiger partial charge in [0.05, 0.1) is 6.61 Å². The monoisotopic (exact) mass is 330 g/mol. The summed E-state index contributed by atoms with van der Waals surface area (Å²) in [7, 11) is 1.72. The number of halogens is 1. The van der Waals surface area contributed by atoms with Crippen molar-refractivity contribution >= 4 is 27.6 Å². The molecule has 0 aliphatic carbocycles. The molecule has 19 heavy (non-hydrogen) atoms. The van der Waals surface area contributed by atoms with Crippen molar-refractivity contribution in [3.8, 4) is 0 Å². The minimum absolute atomic E-state index is 0.399. The van der Waals surface area contributed by atoms with E-state index >= 15 is 0 Å². The van der Waals surface area contributed by atoms with Gasteiger partial charge in [0.15, 0.2) is 0 Å². The number of anilines is 2. The second-order valence-electron chi connectivity index (χ2n) is 4.33. The van der Waals surface area contributed by atoms with Crippen LogP contribution in [0, 0.1) is 0 Å². The maximum Gasteiger partial charge on any atom is 0.148 e. The van der Waals surface area contributed by atoms with Crippen molar-refractivity contribution in [1.82, 2.24) is 9.97 Å². The van der Waals surface area contributed by atoms with Gasteiger partial charge in [0.25, 0.3) is 0 Å². The Bertz CT molecular complexity index is 389. The molecule has 1 rings (SSSR count). The molecule has 0 bridgehead atoms. The molecular formula is C13H23BrN4O. The van der Waals surface area contributed by atoms with Crippen molar-refractivity contribution in [2.24, 2.45) is 0 Å². The van der Waals surface area contributed by atoms with Gasteiger partial charge in [-0.3, -0.25) is 0 Å². The van der Waals surface area contributed by atoms with Crippen LogP contribution in [-0.4, -0.2) is 42.8 Å². The predicted molar refractivity (Wildman–Crippen MR) is 82.9 cm³/mol. The number of nitrogens with one attached hydrogen (secondary N) is 1. The lowest BCUT2D eigenvalue weighted by molar-refractivity contribution is 0.203. The molecule has 0 aromatic carbocycles. The first kappa shape index (κ1) is 16.2. The molecule has 108 valence electrons. The highest BCUT2D eigenvalue weighted by Crippen LogP contribution is 2.30. The molecule has 0 amide bonds. The summed E-state index contributed by atoms with van der Waals surface area (Å²) >= 11 is 3.60. The minimum Gasteiger partial charge on any atom is -0.383 e. The van der Waals surface area contributed by atoms with E-state index in [0.717, 1.165) is 35.6 Å². The van der Waals surface area contributed by atoms with Gasteiger partial charge in [-0.2, -0.15) is 0 Å². The van der Waals surface area contributed by atoms with E-state index in [2.05, 4.69) is 50.0 Å². The van der Waals surface area contributed by atoms with Gasteiger partial charge in [-0.15, -0.1) is 0 Å². The minimum atomic E-state index is 0.399. The molecule has 0 aliphatic rings. The summed E-state index contributed by atoms with van der Waals surface area (Å²) in [6.07, 6.45) is 2.65. The van der Waals surface area contributed by atoms with E-state index in [1.807, 2.05) is 6.92 Å². The van der Waals surface area contributed by atoms with Gasteiger partial charge >= 0.3 is 0 Å². The predicted octanol–water partition coefficient (Wildman–Crippen LogP) is 2.92. The van der Waals surface area contributed by atoms with Crippen molar-refractivity contribution in [1.29, 1.82) is 0 Å². The van der Waals surface area contributed by atoms with Gasteiger partial charge in [-0.1, -0.05) is 6.92 Å². The normalized spacial score (nSPS) is 12.3. The molecule has 0 aliphatic heterocycles. The zero-order valence-electron chi connectivity index (χ0n) is 12.1. The highest BCUT2D eigenvalue weighted by atomic mass is 79.9. The van der Waals surface area contributed by atoms with E-state index in [4.69, 9.17) is 4.74 Å². The highest BCUT2D eigenvalue weighted by molar-refractivity contribution is 9.10. The Labute approximate surface area is 123 Å². The van der Waals surface area contributed by atoms with Gasteiger partial charge < -0.3 is 15.0 Å². The molecule has 1 atom stereocenters. The quantitative estimate of drug-likeness (QED) is 0.794. The van der Waals surface area contributed by atoms with Crippen molar-refractivity contribution in [2.45, 2.75) is 33.2 Å². The Balaban J connectivity index is 3.03. The molecule has 1 aromatic rings. The Kier molecular flexibility index (Phi) is 7.09. The standard InChI is InChI=1S/C13H23BrN4O/c1-5-10(3)18(7-8-19-4)13-11(14)12(15-6-2)16-9-17-13/h9-10H,5-8H2,1-4H3,(H,15,16,17). The molecular weight excluding hydrogens is 308 g/mol. The smallest absolute Gasteiger partial charge is 0.148 e. The molecule has 1 unspecified atom stereocenters. The molecule has 1 heterocycles. The number of methoxy groups -OCH3 is 1. The topological polar surface area (TPSA) is 50.3 Å². The van der Waals surface area contributed by atoms with E-state index < -0.39 is 0 Å². The summed E-state index contributed by atoms with van der Waals surface area (Å²) in [5.74, 6) is 1.75. The second-order valence-corrected chi connectivity index (χ2v) is 5.13. The fourth-order valence-corrected chi connectivity index (χ4v) is 2.37. The third-order valence-electron chi connectivity index (χ3n) is 3.05. The molecule has 0 saturated heterocycles. The summed E-state index contributed by atoms with van der Waals surface area (Å²) in [5.41, 5.74) is 0. The van der Waals surface area contributed by atoms with Crippen molar-refractivity contribution in [3.05, 3.63) is 10.8 Å². The lowest BCUT2D eigenvalue weighted by Gasteiger charge is -2.30. The van der Waals surface area contributed by atoms with Crippen LogP contribution in [0.5, 0.6) is 0 Å². The third-order valence-corrected chi connectivity index (χ3v) is 3.78. The Morgan fingerprint density at radius 1 is 1.42 bits per heavy atom. The number of hydrogen-bond acceptors (Lipinski definition) is 5. The van der Waals surface area contributed by atoms with Gasteiger partial charge in [0.1, 0.15) is 22.4 Å². The first-order valence-corrected chi connectivity index (χ1v) is 7.44. The van der Waals surface area contributed by atoms with Gasteiger partial charge in [0.2, 0.25) is 0 Å². The number of rotatable bonds is 8. The maximum absolute atomic E-state index is 5.19. The second kappa shape index (κ2) is 8.32. The SMILES string of the molecule is CCNc1ncnc(N(CCOC)C(C)CC)c1Br. The van der Waals surface area contributed by atoms with E-state index in [9.17, 15) is 0 Å². The van der Waals surface area contributed by atoms with E-state index in [-0.39, 0.29) is 0 Å². The fraction of sp³-hybridized carbons (Fsp3) is 0.692. The molecule has 0 fully saturated rings. The summed E-state index contributed by atoms with van der Waals surface area (Å²) in [5, 5.41) is 3.23. The summed E-state index contributed by atoms with van der Waals surface area (Å²) in [6.45, 7) is 8.73. The fourth-order valence-electron chi connectivity index (χ4n) is 1.80. The summed E-state index contributed by atoms with van der Waals surface area (Å²) in [4.78, 5) is 10.9. The van der Waals surface area contributed by atoms with Crippen molar-refractivity contribution < 1.29 is 4.74 Å². The average molecular weight is 331 g/mol. The molecule has 1 aromatic heterocycles. The van der Waals surface area contributed by atoms with Crippen molar-refractivity contribution in [2.75, 3.05) is 37.0 Å². The maximum atomic E-state index is 5.19. The number of hydrogen-bond donors (Lipinski definition) is 1. The van der Waals surface area contributed by atoms with Crippen LogP contribution in [0.1, 0.15) is 27.2 Å². The lowest BCUT2D eigenvalue weighted by Crippen LogP contribution is -2.36. The van der Waals surface area contributed by atoms with Crippen LogP contribution in [0.15, 0.2) is 10.8 Å². The van der Waals surface area contributed by atoms with Crippen LogP contribution in [-0.2, 0) is 4.74 Å². The molecule has 0 spiro atoms. The van der Waals surface area contributed by atoms with Crippen LogP contribution in [0.25, 0.3) is 0 Å². The van der Waals surface area contributed by atoms with Crippen LogP contribution in [0.4, 0.5) is 11.6 Å². The van der Waals surface area contributed by atoms with Crippen molar-refractivity contribution in [3.63, 3.8) is 0 Å². The van der Waals surface area contributed by atoms with Crippen LogP contribution < -0.4 is 10.2 Å². The summed E-state index contributed by atoms with van der Waals surface area (Å²) < 4.78 is 6.10. The van der Waals surface area contributed by atoms with Crippen LogP contribution in [0.2, 0.25) is 0 Å². The highest BCUT2D eigenvalue weighted by Gasteiger charge is 2.19. The summed E-state index contributed by atoms with van der Waals surface area (Å²) in [6, 6.07) is 0.399. The number of ether oxygens (including phenoxy) is 1. The van der Waals surface area contributed by atoms with Crippen LogP contribution >= 0.6 is 15.9 Å². The lowest BCUT2D eigenvalue weighted by atomic mass is 10.2. The average Bonchev–Trinajstić information content (AvgIpc) is 2.42. The Morgan fingerprint density at radius 2 is 2.16 bits per heavy atom. The van der Waals surface area contributed by atoms with E-state index in [0.29, 0.717) is 12.6 Å². The molecule has 0 saturated carbocycles. The Hall–Kier alpha value is -0.880. The molecule has 1 N–H and O–H groups in total. The molecule has 5 nitrogen and oxygen atoms in total. The van der Waals surface area contributed by atoms with E-state index in [1.165, 1.54) is 0 Å². The molecule has 6 heteroatoms. The van der Waals surface area contributed by atoms with Gasteiger partial charge in [-0.25, -0.2) is 9.97 Å². The zero-order chi connectivity index (χ0) is 14.3. The third kappa shape index (κ3) is 4.31. The largest absolute Gasteiger partial charge is 0.383 e. The van der Waals surface area contributed by atoms with Gasteiger partial charge in [-0.05, 0) is 36.2 Å². The molecule has 0 radical (unpaired) electrons. The first-order valence-electron chi connectivity index (χ1n) is 6.65. The number of aromatic nitrogens is 2. The Morgan fingerprint density at radius 3 is 2.74 bits per heavy atom. The van der Waals surface area contributed by atoms with Crippen LogP contribution in [0.3, 0.4) is 0 Å². The zero-order valence-corrected chi connectivity index (χ0v) is 13.7. The first-order chi connectivity index (χ1) is 9.15.